The van der Waals surface area contributed by atoms with E-state index in [1.165, 1.54) is 17.7 Å². The number of aryl methyl sites for hydroxylation is 1. The van der Waals surface area contributed by atoms with E-state index in [1.54, 1.807) is 17.4 Å². The molecule has 0 aliphatic rings. The first kappa shape index (κ1) is 12.7. The third-order valence-electron chi connectivity index (χ3n) is 2.61. The van der Waals surface area contributed by atoms with E-state index in [2.05, 4.69) is 27.4 Å². The van der Waals surface area contributed by atoms with Crippen molar-refractivity contribution in [2.45, 2.75) is 18.9 Å². The molecule has 2 rings (SSSR count). The molecule has 90 valence electrons. The van der Waals surface area contributed by atoms with E-state index in [-0.39, 0.29) is 5.82 Å². The Kier molecular flexibility index (Phi) is 4.31. The first-order valence-electron chi connectivity index (χ1n) is 5.31. The number of aliphatic hydroxyl groups excluding tert-OH is 1. The van der Waals surface area contributed by atoms with Gasteiger partial charge in [0, 0.05) is 4.47 Å². The van der Waals surface area contributed by atoms with Gasteiger partial charge in [-0.1, -0.05) is 22.0 Å². The van der Waals surface area contributed by atoms with Crippen molar-refractivity contribution < 1.29 is 9.50 Å². The summed E-state index contributed by atoms with van der Waals surface area (Å²) in [4.78, 5) is 0. The van der Waals surface area contributed by atoms with Gasteiger partial charge in [0.25, 0.3) is 0 Å². The summed E-state index contributed by atoms with van der Waals surface area (Å²) in [5.74, 6) is -0.300. The molecule has 0 saturated carbocycles. The molecule has 1 unspecified atom stereocenters. The smallest absolute Gasteiger partial charge is 0.124 e. The van der Waals surface area contributed by atoms with Crippen LogP contribution in [-0.4, -0.2) is 5.11 Å². The Morgan fingerprint density at radius 2 is 2.18 bits per heavy atom. The molecule has 4 heteroatoms. The van der Waals surface area contributed by atoms with Crippen molar-refractivity contribution >= 4 is 27.3 Å². The highest BCUT2D eigenvalue weighted by atomic mass is 79.9. The van der Waals surface area contributed by atoms with Gasteiger partial charge in [-0.2, -0.15) is 11.3 Å². The van der Waals surface area contributed by atoms with Gasteiger partial charge in [0.2, 0.25) is 0 Å². The van der Waals surface area contributed by atoms with Gasteiger partial charge < -0.3 is 5.11 Å². The second-order valence-electron chi connectivity index (χ2n) is 3.85. The predicted molar refractivity (Wildman–Crippen MR) is 71.7 cm³/mol. The van der Waals surface area contributed by atoms with Gasteiger partial charge in [-0.05, 0) is 52.9 Å². The Morgan fingerprint density at radius 3 is 2.82 bits per heavy atom. The van der Waals surface area contributed by atoms with Gasteiger partial charge in [-0.25, -0.2) is 4.39 Å². The largest absolute Gasteiger partial charge is 0.388 e. The van der Waals surface area contributed by atoms with Crippen molar-refractivity contribution in [2.75, 3.05) is 0 Å². The Balaban J connectivity index is 2.01. The SMILES string of the molecule is OC(CCc1ccsc1)c1ccc(F)cc1Br. The highest BCUT2D eigenvalue weighted by molar-refractivity contribution is 9.10. The standard InChI is InChI=1S/C13H12BrFOS/c14-12-7-10(15)2-3-11(12)13(16)4-1-9-5-6-17-8-9/h2-3,5-8,13,16H,1,4H2. The van der Waals surface area contributed by atoms with Crippen LogP contribution in [0, 0.1) is 5.82 Å². The van der Waals surface area contributed by atoms with Gasteiger partial charge in [0.15, 0.2) is 0 Å². The molecule has 0 spiro atoms. The van der Waals surface area contributed by atoms with E-state index < -0.39 is 6.10 Å². The zero-order valence-electron chi connectivity index (χ0n) is 9.07. The molecule has 1 N–H and O–H groups in total. The maximum Gasteiger partial charge on any atom is 0.124 e. The van der Waals surface area contributed by atoms with Crippen LogP contribution in [0.3, 0.4) is 0 Å². The van der Waals surface area contributed by atoms with Crippen LogP contribution in [0.15, 0.2) is 39.5 Å². The monoisotopic (exact) mass is 314 g/mol. The Labute approximate surface area is 112 Å². The summed E-state index contributed by atoms with van der Waals surface area (Å²) in [5.41, 5.74) is 1.97. The molecule has 1 heterocycles. The Bertz CT molecular complexity index is 484. The fraction of sp³-hybridized carbons (Fsp3) is 0.231. The minimum atomic E-state index is -0.565. The average Bonchev–Trinajstić information content (AvgIpc) is 2.78. The summed E-state index contributed by atoms with van der Waals surface area (Å²) in [7, 11) is 0. The number of halogens is 2. The molecule has 1 aromatic carbocycles. The molecule has 0 fully saturated rings. The number of aliphatic hydroxyl groups is 1. The maximum atomic E-state index is 12.9. The van der Waals surface area contributed by atoms with E-state index in [4.69, 9.17) is 0 Å². The number of benzene rings is 1. The lowest BCUT2D eigenvalue weighted by molar-refractivity contribution is 0.167. The van der Waals surface area contributed by atoms with Crippen molar-refractivity contribution in [3.8, 4) is 0 Å². The van der Waals surface area contributed by atoms with Crippen LogP contribution in [0.25, 0.3) is 0 Å². The summed E-state index contributed by atoms with van der Waals surface area (Å²) in [6.45, 7) is 0. The van der Waals surface area contributed by atoms with E-state index in [9.17, 15) is 9.50 Å². The first-order valence-corrected chi connectivity index (χ1v) is 7.04. The lowest BCUT2D eigenvalue weighted by Crippen LogP contribution is -2.00. The van der Waals surface area contributed by atoms with Crippen LogP contribution >= 0.6 is 27.3 Å². The van der Waals surface area contributed by atoms with Crippen molar-refractivity contribution in [3.05, 3.63) is 56.4 Å². The quantitative estimate of drug-likeness (QED) is 0.891. The van der Waals surface area contributed by atoms with Crippen LogP contribution in [0.5, 0.6) is 0 Å². The third kappa shape index (κ3) is 3.37. The normalized spacial score (nSPS) is 12.6. The Morgan fingerprint density at radius 1 is 1.35 bits per heavy atom. The molecule has 0 radical (unpaired) electrons. The lowest BCUT2D eigenvalue weighted by atomic mass is 10.0. The molecule has 1 aromatic heterocycles. The lowest BCUT2D eigenvalue weighted by Gasteiger charge is -2.12. The van der Waals surface area contributed by atoms with Gasteiger partial charge in [0.1, 0.15) is 5.82 Å². The molecule has 1 nitrogen and oxygen atoms in total. The minimum Gasteiger partial charge on any atom is -0.388 e. The zero-order chi connectivity index (χ0) is 12.3. The zero-order valence-corrected chi connectivity index (χ0v) is 11.5. The summed E-state index contributed by atoms with van der Waals surface area (Å²) >= 11 is 4.92. The number of hydrogen-bond donors (Lipinski definition) is 1. The number of hydrogen-bond acceptors (Lipinski definition) is 2. The van der Waals surface area contributed by atoms with Gasteiger partial charge in [-0.15, -0.1) is 0 Å². The molecule has 0 amide bonds. The molecule has 0 aliphatic heterocycles. The summed E-state index contributed by atoms with van der Waals surface area (Å²) in [6.07, 6.45) is 0.903. The number of thiophene rings is 1. The van der Waals surface area contributed by atoms with Gasteiger partial charge >= 0.3 is 0 Å². The van der Waals surface area contributed by atoms with E-state index in [1.807, 2.05) is 5.38 Å². The molecule has 0 saturated heterocycles. The van der Waals surface area contributed by atoms with Crippen molar-refractivity contribution in [2.24, 2.45) is 0 Å². The van der Waals surface area contributed by atoms with E-state index >= 15 is 0 Å². The molecular weight excluding hydrogens is 303 g/mol. The summed E-state index contributed by atoms with van der Waals surface area (Å²) < 4.78 is 13.5. The molecular formula is C13H12BrFOS. The molecule has 0 bridgehead atoms. The van der Waals surface area contributed by atoms with Crippen molar-refractivity contribution in [1.82, 2.24) is 0 Å². The molecule has 0 aliphatic carbocycles. The number of rotatable bonds is 4. The van der Waals surface area contributed by atoms with Crippen molar-refractivity contribution in [3.63, 3.8) is 0 Å². The van der Waals surface area contributed by atoms with Crippen LogP contribution in [-0.2, 0) is 6.42 Å². The topological polar surface area (TPSA) is 20.2 Å². The Hall–Kier alpha value is -0.710. The van der Waals surface area contributed by atoms with E-state index in [0.717, 1.165) is 12.0 Å². The van der Waals surface area contributed by atoms with Gasteiger partial charge in [0.05, 0.1) is 6.10 Å². The average molecular weight is 315 g/mol. The van der Waals surface area contributed by atoms with Crippen LogP contribution in [0.2, 0.25) is 0 Å². The summed E-state index contributed by atoms with van der Waals surface area (Å²) in [5, 5.41) is 14.1. The molecule has 2 aromatic rings. The fourth-order valence-corrected chi connectivity index (χ4v) is 2.98. The van der Waals surface area contributed by atoms with Crippen LogP contribution < -0.4 is 0 Å². The minimum absolute atomic E-state index is 0.300. The molecule has 17 heavy (non-hydrogen) atoms. The third-order valence-corrected chi connectivity index (χ3v) is 4.03. The highest BCUT2D eigenvalue weighted by Gasteiger charge is 2.12. The summed E-state index contributed by atoms with van der Waals surface area (Å²) in [6, 6.07) is 6.42. The fourth-order valence-electron chi connectivity index (χ4n) is 1.67. The molecule has 1 atom stereocenters. The predicted octanol–water partition coefficient (Wildman–Crippen LogP) is 4.32. The maximum absolute atomic E-state index is 12.9. The van der Waals surface area contributed by atoms with Gasteiger partial charge in [-0.3, -0.25) is 0 Å². The van der Waals surface area contributed by atoms with Crippen LogP contribution in [0.4, 0.5) is 4.39 Å². The van der Waals surface area contributed by atoms with Crippen LogP contribution in [0.1, 0.15) is 23.7 Å². The van der Waals surface area contributed by atoms with Crippen molar-refractivity contribution in [1.29, 1.82) is 0 Å². The van der Waals surface area contributed by atoms with E-state index in [0.29, 0.717) is 10.9 Å². The highest BCUT2D eigenvalue weighted by Crippen LogP contribution is 2.27. The second-order valence-corrected chi connectivity index (χ2v) is 5.49. The second kappa shape index (κ2) is 5.76. The first-order chi connectivity index (χ1) is 8.16.